The fourth-order valence-corrected chi connectivity index (χ4v) is 1.11. The summed E-state index contributed by atoms with van der Waals surface area (Å²) in [6.45, 7) is 4.69. The quantitative estimate of drug-likeness (QED) is 0.858. The molecule has 0 fully saturated rings. The van der Waals surface area contributed by atoms with Crippen LogP contribution in [-0.4, -0.2) is 11.5 Å². The van der Waals surface area contributed by atoms with Crippen LogP contribution in [0.2, 0.25) is 0 Å². The second-order valence-corrected chi connectivity index (χ2v) is 3.80. The van der Waals surface area contributed by atoms with E-state index in [4.69, 9.17) is 0 Å². The third-order valence-electron chi connectivity index (χ3n) is 2.37. The maximum atomic E-state index is 12.3. The van der Waals surface area contributed by atoms with E-state index in [2.05, 4.69) is 10.3 Å². The number of nitrogens with zero attached hydrogens (tertiary/aromatic N) is 1. The normalized spacial score (nSPS) is 13.6. The first kappa shape index (κ1) is 12.8. The lowest BCUT2D eigenvalue weighted by molar-refractivity contribution is -0.141. The van der Waals surface area contributed by atoms with Crippen molar-refractivity contribution in [1.82, 2.24) is 4.98 Å². The molecule has 0 aromatic carbocycles. The lowest BCUT2D eigenvalue weighted by Crippen LogP contribution is -2.14. The molecular formula is C11H15F3N2. The summed E-state index contributed by atoms with van der Waals surface area (Å²) in [5.74, 6) is 0.687. The smallest absolute Gasteiger partial charge is 0.370 e. The zero-order valence-electron chi connectivity index (χ0n) is 9.30. The summed E-state index contributed by atoms with van der Waals surface area (Å²) in [6, 6.07) is 3.86. The van der Waals surface area contributed by atoms with E-state index in [0.717, 1.165) is 12.5 Å². The Bertz CT molecular complexity index is 336. The van der Waals surface area contributed by atoms with E-state index in [1.165, 1.54) is 12.1 Å². The van der Waals surface area contributed by atoms with Crippen molar-refractivity contribution in [1.29, 1.82) is 0 Å². The molecule has 16 heavy (non-hydrogen) atoms. The molecule has 90 valence electrons. The van der Waals surface area contributed by atoms with Crippen molar-refractivity contribution in [3.05, 3.63) is 23.9 Å². The predicted molar refractivity (Wildman–Crippen MR) is 57.2 cm³/mol. The molecule has 0 spiro atoms. The third kappa shape index (κ3) is 3.72. The zero-order valence-corrected chi connectivity index (χ0v) is 9.30. The molecule has 0 saturated heterocycles. The lowest BCUT2D eigenvalue weighted by atomic mass is 10.1. The standard InChI is InChI=1S/C11H15F3N2/c1-3-8(2)7-15-10-6-4-5-9(16-10)11(12,13)14/h4-6,8H,3,7H2,1-2H3,(H,15,16). The van der Waals surface area contributed by atoms with Crippen molar-refractivity contribution in [2.24, 2.45) is 5.92 Å². The van der Waals surface area contributed by atoms with Gasteiger partial charge >= 0.3 is 6.18 Å². The second kappa shape index (κ2) is 5.18. The van der Waals surface area contributed by atoms with Crippen molar-refractivity contribution in [3.63, 3.8) is 0 Å². The van der Waals surface area contributed by atoms with Crippen LogP contribution in [0.4, 0.5) is 19.0 Å². The van der Waals surface area contributed by atoms with Gasteiger partial charge in [-0.25, -0.2) is 4.98 Å². The SMILES string of the molecule is CCC(C)CNc1cccc(C(F)(F)F)n1. The first-order chi connectivity index (χ1) is 7.43. The molecule has 0 radical (unpaired) electrons. The van der Waals surface area contributed by atoms with Crippen LogP contribution in [0.1, 0.15) is 26.0 Å². The van der Waals surface area contributed by atoms with E-state index in [-0.39, 0.29) is 5.82 Å². The average Bonchev–Trinajstić information content (AvgIpc) is 2.25. The third-order valence-corrected chi connectivity index (χ3v) is 2.37. The first-order valence-corrected chi connectivity index (χ1v) is 5.21. The van der Waals surface area contributed by atoms with Gasteiger partial charge in [-0.3, -0.25) is 0 Å². The van der Waals surface area contributed by atoms with Gasteiger partial charge < -0.3 is 5.32 Å². The molecule has 0 bridgehead atoms. The van der Waals surface area contributed by atoms with Crippen LogP contribution in [0.25, 0.3) is 0 Å². The Labute approximate surface area is 92.9 Å². The van der Waals surface area contributed by atoms with E-state index in [1.807, 2.05) is 13.8 Å². The van der Waals surface area contributed by atoms with Crippen molar-refractivity contribution < 1.29 is 13.2 Å². The molecular weight excluding hydrogens is 217 g/mol. The Morgan fingerprint density at radius 2 is 2.06 bits per heavy atom. The highest BCUT2D eigenvalue weighted by molar-refractivity contribution is 5.35. The fourth-order valence-electron chi connectivity index (χ4n) is 1.11. The molecule has 2 nitrogen and oxygen atoms in total. The van der Waals surface area contributed by atoms with Crippen LogP contribution in [0.15, 0.2) is 18.2 Å². The number of halogens is 3. The summed E-state index contributed by atoms with van der Waals surface area (Å²) in [5, 5.41) is 2.90. The summed E-state index contributed by atoms with van der Waals surface area (Å²) in [6.07, 6.45) is -3.40. The highest BCUT2D eigenvalue weighted by Gasteiger charge is 2.32. The number of rotatable bonds is 4. The number of nitrogens with one attached hydrogen (secondary N) is 1. The fraction of sp³-hybridized carbons (Fsp3) is 0.545. The van der Waals surface area contributed by atoms with Crippen molar-refractivity contribution >= 4 is 5.82 Å². The molecule has 5 heteroatoms. The molecule has 0 saturated carbocycles. The molecule has 1 aromatic heterocycles. The molecule has 0 amide bonds. The topological polar surface area (TPSA) is 24.9 Å². The van der Waals surface area contributed by atoms with Gasteiger partial charge in [-0.2, -0.15) is 13.2 Å². The summed E-state index contributed by atoms with van der Waals surface area (Å²) >= 11 is 0. The molecule has 1 heterocycles. The highest BCUT2D eigenvalue weighted by atomic mass is 19.4. The lowest BCUT2D eigenvalue weighted by Gasteiger charge is -2.12. The average molecular weight is 232 g/mol. The van der Waals surface area contributed by atoms with E-state index >= 15 is 0 Å². The summed E-state index contributed by atoms with van der Waals surface area (Å²) in [7, 11) is 0. The van der Waals surface area contributed by atoms with Gasteiger partial charge in [-0.15, -0.1) is 0 Å². The predicted octanol–water partition coefficient (Wildman–Crippen LogP) is 3.56. The Hall–Kier alpha value is -1.26. The van der Waals surface area contributed by atoms with Crippen LogP contribution in [0.5, 0.6) is 0 Å². The zero-order chi connectivity index (χ0) is 12.2. The number of pyridine rings is 1. The molecule has 0 aliphatic heterocycles. The summed E-state index contributed by atoms with van der Waals surface area (Å²) < 4.78 is 37.0. The maximum absolute atomic E-state index is 12.3. The molecule has 1 aromatic rings. The largest absolute Gasteiger partial charge is 0.433 e. The minimum atomic E-state index is -4.38. The van der Waals surface area contributed by atoms with Crippen molar-refractivity contribution in [3.8, 4) is 0 Å². The Balaban J connectivity index is 2.68. The van der Waals surface area contributed by atoms with Gasteiger partial charge in [-0.1, -0.05) is 26.3 Å². The molecule has 1 rings (SSSR count). The second-order valence-electron chi connectivity index (χ2n) is 3.80. The number of anilines is 1. The Morgan fingerprint density at radius 1 is 1.38 bits per heavy atom. The van der Waals surface area contributed by atoms with Gasteiger partial charge in [0.15, 0.2) is 0 Å². The van der Waals surface area contributed by atoms with Gasteiger partial charge in [0, 0.05) is 6.54 Å². The van der Waals surface area contributed by atoms with Crippen LogP contribution >= 0.6 is 0 Å². The maximum Gasteiger partial charge on any atom is 0.433 e. The van der Waals surface area contributed by atoms with Gasteiger partial charge in [0.1, 0.15) is 11.5 Å². The highest BCUT2D eigenvalue weighted by Crippen LogP contribution is 2.28. The van der Waals surface area contributed by atoms with Crippen molar-refractivity contribution in [2.45, 2.75) is 26.4 Å². The Kier molecular flexibility index (Phi) is 4.15. The van der Waals surface area contributed by atoms with Gasteiger partial charge in [0.05, 0.1) is 0 Å². The molecule has 0 aliphatic carbocycles. The number of alkyl halides is 3. The van der Waals surface area contributed by atoms with Gasteiger partial charge in [0.2, 0.25) is 0 Å². The van der Waals surface area contributed by atoms with E-state index in [1.54, 1.807) is 0 Å². The van der Waals surface area contributed by atoms with Gasteiger partial charge in [-0.05, 0) is 18.1 Å². The van der Waals surface area contributed by atoms with Crippen LogP contribution in [-0.2, 0) is 6.18 Å². The number of hydrogen-bond acceptors (Lipinski definition) is 2. The monoisotopic (exact) mass is 232 g/mol. The van der Waals surface area contributed by atoms with Gasteiger partial charge in [0.25, 0.3) is 0 Å². The van der Waals surface area contributed by atoms with E-state index < -0.39 is 11.9 Å². The van der Waals surface area contributed by atoms with Crippen LogP contribution in [0, 0.1) is 5.92 Å². The van der Waals surface area contributed by atoms with E-state index in [9.17, 15) is 13.2 Å². The number of hydrogen-bond donors (Lipinski definition) is 1. The molecule has 1 unspecified atom stereocenters. The summed E-state index contributed by atoms with van der Waals surface area (Å²) in [4.78, 5) is 3.51. The first-order valence-electron chi connectivity index (χ1n) is 5.21. The van der Waals surface area contributed by atoms with Crippen LogP contribution < -0.4 is 5.32 Å². The summed E-state index contributed by atoms with van der Waals surface area (Å²) in [5.41, 5.74) is -0.860. The minimum Gasteiger partial charge on any atom is -0.370 e. The van der Waals surface area contributed by atoms with E-state index in [0.29, 0.717) is 12.5 Å². The Morgan fingerprint density at radius 3 is 2.62 bits per heavy atom. The minimum absolute atomic E-state index is 0.273. The molecule has 1 N–H and O–H groups in total. The number of aromatic nitrogens is 1. The molecule has 0 aliphatic rings. The van der Waals surface area contributed by atoms with Crippen LogP contribution in [0.3, 0.4) is 0 Å². The van der Waals surface area contributed by atoms with Crippen molar-refractivity contribution in [2.75, 3.05) is 11.9 Å². The molecule has 1 atom stereocenters.